The lowest BCUT2D eigenvalue weighted by atomic mass is 10.00. The van der Waals surface area contributed by atoms with Gasteiger partial charge >= 0.3 is 0 Å². The number of carbonyl (C=O) groups is 2. The molecule has 0 saturated heterocycles. The number of ketones is 2. The van der Waals surface area contributed by atoms with E-state index < -0.39 is 0 Å². The molecule has 28 heavy (non-hydrogen) atoms. The van der Waals surface area contributed by atoms with Gasteiger partial charge in [-0.05, 0) is 62.1 Å². The standard InChI is InChI=1S/C24H30O4/c1-17-11-13-19(23(27)15-17)21(25)9-7-5-3-4-6-8-10-22(26)20-14-12-18(2)16-24(20)28/h11-16,27-28H,3-10H2,1-2H3. The number of Topliss-reactive ketones (excluding diaryl/α,β-unsaturated/α-hetero) is 2. The van der Waals surface area contributed by atoms with Gasteiger partial charge in [0.1, 0.15) is 11.5 Å². The van der Waals surface area contributed by atoms with Gasteiger partial charge in [-0.2, -0.15) is 0 Å². The molecule has 0 spiro atoms. The highest BCUT2D eigenvalue weighted by Gasteiger charge is 2.12. The average molecular weight is 383 g/mol. The zero-order valence-corrected chi connectivity index (χ0v) is 16.8. The summed E-state index contributed by atoms with van der Waals surface area (Å²) in [4.78, 5) is 24.3. The molecule has 2 N–H and O–H groups in total. The third-order valence-electron chi connectivity index (χ3n) is 4.96. The Kier molecular flexibility index (Phi) is 8.24. The topological polar surface area (TPSA) is 74.6 Å². The normalized spacial score (nSPS) is 10.8. The van der Waals surface area contributed by atoms with Crippen LogP contribution in [0.3, 0.4) is 0 Å². The molecular formula is C24H30O4. The Labute approximate surface area is 167 Å². The van der Waals surface area contributed by atoms with Gasteiger partial charge < -0.3 is 10.2 Å². The van der Waals surface area contributed by atoms with Gasteiger partial charge in [-0.3, -0.25) is 9.59 Å². The Morgan fingerprint density at radius 2 is 1.00 bits per heavy atom. The molecule has 4 heteroatoms. The molecule has 0 aliphatic heterocycles. The molecule has 0 aromatic heterocycles. The molecule has 0 amide bonds. The van der Waals surface area contributed by atoms with Crippen molar-refractivity contribution in [2.24, 2.45) is 0 Å². The quantitative estimate of drug-likeness (QED) is 0.375. The molecule has 0 fully saturated rings. The van der Waals surface area contributed by atoms with E-state index in [-0.39, 0.29) is 23.1 Å². The Balaban J connectivity index is 1.58. The number of rotatable bonds is 11. The predicted octanol–water partition coefficient (Wildman–Crippen LogP) is 5.90. The maximum Gasteiger partial charge on any atom is 0.166 e. The van der Waals surface area contributed by atoms with Crippen molar-refractivity contribution in [1.29, 1.82) is 0 Å². The van der Waals surface area contributed by atoms with Gasteiger partial charge in [0.2, 0.25) is 0 Å². The van der Waals surface area contributed by atoms with Crippen molar-refractivity contribution in [3.05, 3.63) is 58.7 Å². The molecular weight excluding hydrogens is 352 g/mol. The largest absolute Gasteiger partial charge is 0.507 e. The molecule has 4 nitrogen and oxygen atoms in total. The number of carbonyl (C=O) groups excluding carboxylic acids is 2. The first-order valence-corrected chi connectivity index (χ1v) is 10.0. The van der Waals surface area contributed by atoms with Gasteiger partial charge in [-0.1, -0.05) is 37.8 Å². The first kappa shape index (κ1) is 21.7. The number of aryl methyl sites for hydroxylation is 2. The molecule has 0 saturated carbocycles. The van der Waals surface area contributed by atoms with Crippen LogP contribution < -0.4 is 0 Å². The number of phenolic OH excluding ortho intramolecular Hbond substituents is 2. The summed E-state index contributed by atoms with van der Waals surface area (Å²) in [6.45, 7) is 3.76. The fourth-order valence-electron chi connectivity index (χ4n) is 3.30. The molecule has 0 bridgehead atoms. The SMILES string of the molecule is Cc1ccc(C(=O)CCCCCCCCC(=O)c2ccc(C)cc2O)c(O)c1. The number of hydrogen-bond acceptors (Lipinski definition) is 4. The van der Waals surface area contributed by atoms with Crippen LogP contribution in [0.4, 0.5) is 0 Å². The second-order valence-corrected chi connectivity index (χ2v) is 7.51. The Morgan fingerprint density at radius 1 is 0.643 bits per heavy atom. The van der Waals surface area contributed by atoms with Crippen molar-refractivity contribution < 1.29 is 19.8 Å². The fourth-order valence-corrected chi connectivity index (χ4v) is 3.30. The van der Waals surface area contributed by atoms with Crippen molar-refractivity contribution in [2.45, 2.75) is 65.2 Å². The van der Waals surface area contributed by atoms with Gasteiger partial charge in [-0.15, -0.1) is 0 Å². The highest BCUT2D eigenvalue weighted by molar-refractivity contribution is 5.99. The van der Waals surface area contributed by atoms with Gasteiger partial charge in [0, 0.05) is 12.8 Å². The Bertz CT molecular complexity index is 754. The second-order valence-electron chi connectivity index (χ2n) is 7.51. The van der Waals surface area contributed by atoms with E-state index in [0.29, 0.717) is 24.0 Å². The van der Waals surface area contributed by atoms with E-state index in [1.54, 1.807) is 24.3 Å². The van der Waals surface area contributed by atoms with Crippen LogP contribution in [-0.4, -0.2) is 21.8 Å². The van der Waals surface area contributed by atoms with Crippen LogP contribution >= 0.6 is 0 Å². The highest BCUT2D eigenvalue weighted by atomic mass is 16.3. The van der Waals surface area contributed by atoms with E-state index in [1.807, 2.05) is 26.0 Å². The summed E-state index contributed by atoms with van der Waals surface area (Å²) in [5.74, 6) is 0.102. The lowest BCUT2D eigenvalue weighted by molar-refractivity contribution is 0.0966. The van der Waals surface area contributed by atoms with Crippen LogP contribution in [0.2, 0.25) is 0 Å². The first-order valence-electron chi connectivity index (χ1n) is 10.0. The highest BCUT2D eigenvalue weighted by Crippen LogP contribution is 2.22. The second kappa shape index (κ2) is 10.6. The smallest absolute Gasteiger partial charge is 0.166 e. The number of aromatic hydroxyl groups is 2. The molecule has 0 atom stereocenters. The summed E-state index contributed by atoms with van der Waals surface area (Å²) < 4.78 is 0. The van der Waals surface area contributed by atoms with E-state index >= 15 is 0 Å². The van der Waals surface area contributed by atoms with Crippen LogP contribution in [0.1, 0.15) is 83.2 Å². The lowest BCUT2D eigenvalue weighted by Crippen LogP contribution is -2.00. The third-order valence-corrected chi connectivity index (χ3v) is 4.96. The Hall–Kier alpha value is -2.62. The molecule has 0 aliphatic carbocycles. The minimum Gasteiger partial charge on any atom is -0.507 e. The fraction of sp³-hybridized carbons (Fsp3) is 0.417. The van der Waals surface area contributed by atoms with Gasteiger partial charge in [0.25, 0.3) is 0 Å². The lowest BCUT2D eigenvalue weighted by Gasteiger charge is -2.06. The van der Waals surface area contributed by atoms with E-state index in [9.17, 15) is 19.8 Å². The molecule has 2 rings (SSSR count). The van der Waals surface area contributed by atoms with Gasteiger partial charge in [0.15, 0.2) is 11.6 Å². The molecule has 2 aromatic rings. The van der Waals surface area contributed by atoms with E-state index in [4.69, 9.17) is 0 Å². The number of unbranched alkanes of at least 4 members (excludes halogenated alkanes) is 5. The first-order chi connectivity index (χ1) is 13.4. The van der Waals surface area contributed by atoms with Crippen molar-refractivity contribution in [1.82, 2.24) is 0 Å². The molecule has 0 unspecified atom stereocenters. The van der Waals surface area contributed by atoms with Crippen molar-refractivity contribution in [3.8, 4) is 11.5 Å². The summed E-state index contributed by atoms with van der Waals surface area (Å²) in [6, 6.07) is 10.3. The third kappa shape index (κ3) is 6.52. The monoisotopic (exact) mass is 382 g/mol. The zero-order valence-electron chi connectivity index (χ0n) is 16.8. The van der Waals surface area contributed by atoms with Crippen LogP contribution in [0.5, 0.6) is 11.5 Å². The van der Waals surface area contributed by atoms with E-state index in [2.05, 4.69) is 0 Å². The Morgan fingerprint density at radius 3 is 1.36 bits per heavy atom. The molecule has 0 aliphatic rings. The zero-order chi connectivity index (χ0) is 20.5. The van der Waals surface area contributed by atoms with Crippen molar-refractivity contribution >= 4 is 11.6 Å². The number of benzene rings is 2. The maximum absolute atomic E-state index is 12.2. The van der Waals surface area contributed by atoms with Crippen LogP contribution in [0.15, 0.2) is 36.4 Å². The predicted molar refractivity (Wildman–Crippen MR) is 111 cm³/mol. The summed E-state index contributed by atoms with van der Waals surface area (Å²) >= 11 is 0. The summed E-state index contributed by atoms with van der Waals surface area (Å²) in [5.41, 5.74) is 2.68. The summed E-state index contributed by atoms with van der Waals surface area (Å²) in [7, 11) is 0. The van der Waals surface area contributed by atoms with Crippen LogP contribution in [-0.2, 0) is 0 Å². The van der Waals surface area contributed by atoms with E-state index in [0.717, 1.165) is 49.7 Å². The van der Waals surface area contributed by atoms with Gasteiger partial charge in [-0.25, -0.2) is 0 Å². The van der Waals surface area contributed by atoms with Crippen LogP contribution in [0.25, 0.3) is 0 Å². The minimum absolute atomic E-state index is 0.0130. The summed E-state index contributed by atoms with van der Waals surface area (Å²) in [5, 5.41) is 19.7. The number of hydrogen-bond donors (Lipinski definition) is 2. The van der Waals surface area contributed by atoms with Crippen molar-refractivity contribution in [2.75, 3.05) is 0 Å². The van der Waals surface area contributed by atoms with Gasteiger partial charge in [0.05, 0.1) is 11.1 Å². The maximum atomic E-state index is 12.2. The average Bonchev–Trinajstić information content (AvgIpc) is 2.63. The molecule has 150 valence electrons. The summed E-state index contributed by atoms with van der Waals surface area (Å²) in [6.07, 6.45) is 6.48. The molecule has 0 heterocycles. The minimum atomic E-state index is -0.0130. The van der Waals surface area contributed by atoms with Crippen molar-refractivity contribution in [3.63, 3.8) is 0 Å². The van der Waals surface area contributed by atoms with E-state index in [1.165, 1.54) is 0 Å². The molecule has 2 aromatic carbocycles. The number of phenols is 2. The molecule has 0 radical (unpaired) electrons. The van der Waals surface area contributed by atoms with Crippen LogP contribution in [0, 0.1) is 13.8 Å².